The van der Waals surface area contributed by atoms with Gasteiger partial charge in [-0.1, -0.05) is 12.1 Å². The molecule has 8 nitrogen and oxygen atoms in total. The Labute approximate surface area is 192 Å². The molecule has 0 aliphatic rings. The lowest BCUT2D eigenvalue weighted by Crippen LogP contribution is -2.15. The molecule has 2 aromatic heterocycles. The number of pyridine rings is 1. The maximum Gasteiger partial charge on any atom is 0.261 e. The summed E-state index contributed by atoms with van der Waals surface area (Å²) in [5.41, 5.74) is 3.74. The minimum atomic E-state index is -3.78. The molecule has 0 atom stereocenters. The van der Waals surface area contributed by atoms with Gasteiger partial charge in [-0.05, 0) is 73.0 Å². The minimum Gasteiger partial charge on any atom is -0.305 e. The zero-order valence-electron chi connectivity index (χ0n) is 18.2. The van der Waals surface area contributed by atoms with Crippen LogP contribution in [-0.4, -0.2) is 29.1 Å². The molecule has 9 heteroatoms. The van der Waals surface area contributed by atoms with E-state index in [1.807, 2.05) is 32.0 Å². The second-order valence-electron chi connectivity index (χ2n) is 7.59. The Morgan fingerprint density at radius 3 is 2.42 bits per heavy atom. The summed E-state index contributed by atoms with van der Waals surface area (Å²) >= 11 is 0. The first kappa shape index (κ1) is 22.2. The smallest absolute Gasteiger partial charge is 0.261 e. The number of hydrogen-bond donors (Lipinski definition) is 2. The topological polar surface area (TPSA) is 106 Å². The van der Waals surface area contributed by atoms with E-state index in [2.05, 4.69) is 20.1 Å². The molecule has 1 amide bonds. The second kappa shape index (κ2) is 9.25. The quantitative estimate of drug-likeness (QED) is 0.433. The number of rotatable bonds is 7. The summed E-state index contributed by atoms with van der Waals surface area (Å²) in [6.45, 7) is 4.33. The predicted octanol–water partition coefficient (Wildman–Crippen LogP) is 4.00. The number of nitrogens with zero attached hydrogens (tertiary/aromatic N) is 3. The van der Waals surface area contributed by atoms with Crippen LogP contribution in [0.4, 0.5) is 11.5 Å². The summed E-state index contributed by atoms with van der Waals surface area (Å²) in [6.07, 6.45) is 5.19. The molecule has 4 aromatic rings. The number of hydrogen-bond acceptors (Lipinski definition) is 5. The first-order chi connectivity index (χ1) is 15.8. The minimum absolute atomic E-state index is 0.0709. The molecule has 0 fully saturated rings. The number of nitrogens with one attached hydrogen (secondary N) is 2. The molecule has 0 unspecified atom stereocenters. The van der Waals surface area contributed by atoms with Gasteiger partial charge in [0.15, 0.2) is 5.82 Å². The lowest BCUT2D eigenvalue weighted by atomic mass is 10.1. The number of sulfonamides is 1. The molecule has 0 spiro atoms. The van der Waals surface area contributed by atoms with Gasteiger partial charge in [0, 0.05) is 30.2 Å². The van der Waals surface area contributed by atoms with Gasteiger partial charge >= 0.3 is 0 Å². The molecule has 2 N–H and O–H groups in total. The van der Waals surface area contributed by atoms with Crippen LogP contribution in [0.2, 0.25) is 0 Å². The highest BCUT2D eigenvalue weighted by Crippen LogP contribution is 2.22. The Morgan fingerprint density at radius 2 is 1.70 bits per heavy atom. The zero-order valence-corrected chi connectivity index (χ0v) is 19.0. The second-order valence-corrected chi connectivity index (χ2v) is 9.27. The monoisotopic (exact) mass is 461 g/mol. The molecular formula is C24H23N5O3S. The maximum absolute atomic E-state index is 12.8. The predicted molar refractivity (Wildman–Crippen MR) is 127 cm³/mol. The van der Waals surface area contributed by atoms with Crippen molar-refractivity contribution >= 4 is 27.4 Å². The van der Waals surface area contributed by atoms with E-state index in [4.69, 9.17) is 0 Å². The first-order valence-electron chi connectivity index (χ1n) is 10.2. The molecule has 4 rings (SSSR count). The number of amides is 1. The van der Waals surface area contributed by atoms with Gasteiger partial charge in [0.05, 0.1) is 17.1 Å². The molecule has 0 saturated carbocycles. The van der Waals surface area contributed by atoms with Crippen LogP contribution in [-0.2, 0) is 16.6 Å². The van der Waals surface area contributed by atoms with Crippen LogP contribution in [0.1, 0.15) is 27.0 Å². The number of carbonyl (C=O) groups is 1. The molecule has 33 heavy (non-hydrogen) atoms. The van der Waals surface area contributed by atoms with Gasteiger partial charge in [0.2, 0.25) is 0 Å². The molecule has 0 saturated heterocycles. The number of aryl methyl sites for hydroxylation is 1. The van der Waals surface area contributed by atoms with Gasteiger partial charge in [0.1, 0.15) is 0 Å². The summed E-state index contributed by atoms with van der Waals surface area (Å²) in [5.74, 6) is 0.0259. The molecular weight excluding hydrogens is 438 g/mol. The number of benzene rings is 2. The van der Waals surface area contributed by atoms with Crippen molar-refractivity contribution in [3.05, 3.63) is 102 Å². The highest BCUT2D eigenvalue weighted by molar-refractivity contribution is 7.92. The van der Waals surface area contributed by atoms with E-state index >= 15 is 0 Å². The van der Waals surface area contributed by atoms with Gasteiger partial charge < -0.3 is 5.32 Å². The molecule has 0 radical (unpaired) electrons. The van der Waals surface area contributed by atoms with Crippen molar-refractivity contribution in [2.24, 2.45) is 0 Å². The summed E-state index contributed by atoms with van der Waals surface area (Å²) in [5, 5.41) is 7.08. The van der Waals surface area contributed by atoms with Crippen molar-refractivity contribution in [3.63, 3.8) is 0 Å². The number of aromatic nitrogens is 3. The molecule has 2 heterocycles. The normalized spacial score (nSPS) is 11.2. The third kappa shape index (κ3) is 5.27. The van der Waals surface area contributed by atoms with Crippen LogP contribution in [0, 0.1) is 13.8 Å². The van der Waals surface area contributed by atoms with Crippen molar-refractivity contribution in [1.29, 1.82) is 0 Å². The van der Waals surface area contributed by atoms with Crippen LogP contribution in [0.5, 0.6) is 0 Å². The molecule has 0 aliphatic heterocycles. The molecule has 168 valence electrons. The largest absolute Gasteiger partial charge is 0.305 e. The Hall–Kier alpha value is -3.98. The van der Waals surface area contributed by atoms with Crippen LogP contribution in [0.25, 0.3) is 0 Å². The number of anilines is 2. The van der Waals surface area contributed by atoms with Gasteiger partial charge in [-0.25, -0.2) is 8.42 Å². The van der Waals surface area contributed by atoms with E-state index in [1.54, 1.807) is 41.5 Å². The Morgan fingerprint density at radius 1 is 0.970 bits per heavy atom. The Balaban J connectivity index is 1.42. The van der Waals surface area contributed by atoms with Gasteiger partial charge in [-0.15, -0.1) is 0 Å². The molecule has 0 bridgehead atoms. The third-order valence-corrected chi connectivity index (χ3v) is 6.63. The Kier molecular flexibility index (Phi) is 6.23. The van der Waals surface area contributed by atoms with Gasteiger partial charge in [-0.2, -0.15) is 5.10 Å². The van der Waals surface area contributed by atoms with Crippen molar-refractivity contribution in [3.8, 4) is 0 Å². The van der Waals surface area contributed by atoms with Crippen molar-refractivity contribution in [2.45, 2.75) is 25.3 Å². The average Bonchev–Trinajstić information content (AvgIpc) is 3.24. The highest BCUT2D eigenvalue weighted by Gasteiger charge is 2.17. The fourth-order valence-electron chi connectivity index (χ4n) is 3.23. The fraction of sp³-hybridized carbons (Fsp3) is 0.125. The van der Waals surface area contributed by atoms with E-state index in [9.17, 15) is 13.2 Å². The average molecular weight is 462 g/mol. The van der Waals surface area contributed by atoms with Crippen molar-refractivity contribution in [2.75, 3.05) is 10.0 Å². The lowest BCUT2D eigenvalue weighted by Gasteiger charge is -2.12. The first-order valence-corrected chi connectivity index (χ1v) is 11.7. The van der Waals surface area contributed by atoms with Crippen molar-refractivity contribution < 1.29 is 13.2 Å². The summed E-state index contributed by atoms with van der Waals surface area (Å²) in [7, 11) is -3.78. The van der Waals surface area contributed by atoms with E-state index in [0.29, 0.717) is 23.6 Å². The van der Waals surface area contributed by atoms with E-state index in [-0.39, 0.29) is 10.8 Å². The van der Waals surface area contributed by atoms with E-state index in [0.717, 1.165) is 16.7 Å². The van der Waals surface area contributed by atoms with Gasteiger partial charge in [-0.3, -0.25) is 19.2 Å². The third-order valence-electron chi connectivity index (χ3n) is 5.25. The standard InChI is InChI=1S/C24H23N5O3S/c1-17-4-3-5-22(18(17)2)28-33(31,32)21-8-6-20(7-9-21)24(30)26-23-12-15-29(27-23)16-19-10-13-25-14-11-19/h3-15,28H,16H2,1-2H3,(H,26,27,30). The van der Waals surface area contributed by atoms with Crippen molar-refractivity contribution in [1.82, 2.24) is 14.8 Å². The van der Waals surface area contributed by atoms with Crippen LogP contribution in [0.15, 0.2) is 84.1 Å². The van der Waals surface area contributed by atoms with Crippen LogP contribution in [0.3, 0.4) is 0 Å². The maximum atomic E-state index is 12.8. The highest BCUT2D eigenvalue weighted by atomic mass is 32.2. The molecule has 0 aliphatic carbocycles. The van der Waals surface area contributed by atoms with Crippen LogP contribution >= 0.6 is 0 Å². The fourth-order valence-corrected chi connectivity index (χ4v) is 4.35. The van der Waals surface area contributed by atoms with E-state index in [1.165, 1.54) is 24.3 Å². The summed E-state index contributed by atoms with van der Waals surface area (Å²) < 4.78 is 29.8. The number of carbonyl (C=O) groups excluding carboxylic acids is 1. The molecule has 2 aromatic carbocycles. The summed E-state index contributed by atoms with van der Waals surface area (Å²) in [4.78, 5) is 16.6. The zero-order chi connectivity index (χ0) is 23.4. The Bertz CT molecular complexity index is 1380. The summed E-state index contributed by atoms with van der Waals surface area (Å²) in [6, 6.07) is 16.7. The lowest BCUT2D eigenvalue weighted by molar-refractivity contribution is 0.102. The van der Waals surface area contributed by atoms with E-state index < -0.39 is 10.0 Å². The SMILES string of the molecule is Cc1cccc(NS(=O)(=O)c2ccc(C(=O)Nc3ccn(Cc4ccncc4)n3)cc2)c1C. The van der Waals surface area contributed by atoms with Gasteiger partial charge in [0.25, 0.3) is 15.9 Å². The van der Waals surface area contributed by atoms with Crippen LogP contribution < -0.4 is 10.0 Å².